The van der Waals surface area contributed by atoms with Gasteiger partial charge >= 0.3 is 0 Å². The van der Waals surface area contributed by atoms with Gasteiger partial charge in [0.15, 0.2) is 0 Å². The highest BCUT2D eigenvalue weighted by Crippen LogP contribution is 2.19. The van der Waals surface area contributed by atoms with Crippen LogP contribution in [-0.2, 0) is 13.1 Å². The molecule has 0 bridgehead atoms. The first-order valence-corrected chi connectivity index (χ1v) is 6.13. The van der Waals surface area contributed by atoms with Gasteiger partial charge in [0.1, 0.15) is 5.82 Å². The van der Waals surface area contributed by atoms with Crippen molar-refractivity contribution in [1.82, 2.24) is 19.3 Å². The molecule has 3 rings (SSSR count). The van der Waals surface area contributed by atoms with Crippen LogP contribution in [0.2, 0.25) is 0 Å². The SMILES string of the molecule is Nc1nc2cc(F)ccc2n1CCCn1cccn1. The maximum atomic E-state index is 13.1. The number of nitrogens with zero attached hydrogens (tertiary/aromatic N) is 4. The number of benzene rings is 1. The van der Waals surface area contributed by atoms with E-state index in [4.69, 9.17) is 5.73 Å². The second-order valence-corrected chi connectivity index (χ2v) is 4.38. The number of anilines is 1. The Hall–Kier alpha value is -2.37. The largest absolute Gasteiger partial charge is 0.369 e. The van der Waals surface area contributed by atoms with E-state index in [1.165, 1.54) is 12.1 Å². The van der Waals surface area contributed by atoms with Crippen LogP contribution in [0.1, 0.15) is 6.42 Å². The lowest BCUT2D eigenvalue weighted by Gasteiger charge is -2.06. The first kappa shape index (κ1) is 11.7. The van der Waals surface area contributed by atoms with Gasteiger partial charge < -0.3 is 10.3 Å². The quantitative estimate of drug-likeness (QED) is 0.780. The van der Waals surface area contributed by atoms with E-state index < -0.39 is 0 Å². The number of rotatable bonds is 4. The summed E-state index contributed by atoms with van der Waals surface area (Å²) in [6, 6.07) is 6.43. The van der Waals surface area contributed by atoms with Gasteiger partial charge in [-0.15, -0.1) is 0 Å². The monoisotopic (exact) mass is 259 g/mol. The molecule has 2 N–H and O–H groups in total. The lowest BCUT2D eigenvalue weighted by atomic mass is 10.3. The van der Waals surface area contributed by atoms with E-state index in [0.717, 1.165) is 25.0 Å². The first-order chi connectivity index (χ1) is 9.24. The Morgan fingerprint density at radius 3 is 2.95 bits per heavy atom. The van der Waals surface area contributed by atoms with Crippen LogP contribution in [0, 0.1) is 5.82 Å². The van der Waals surface area contributed by atoms with Crippen LogP contribution in [0.5, 0.6) is 0 Å². The van der Waals surface area contributed by atoms with E-state index in [0.29, 0.717) is 11.5 Å². The smallest absolute Gasteiger partial charge is 0.201 e. The molecule has 0 spiro atoms. The normalized spacial score (nSPS) is 11.2. The Morgan fingerprint density at radius 2 is 2.16 bits per heavy atom. The minimum atomic E-state index is -0.298. The second-order valence-electron chi connectivity index (χ2n) is 4.38. The summed E-state index contributed by atoms with van der Waals surface area (Å²) in [7, 11) is 0. The zero-order valence-electron chi connectivity index (χ0n) is 10.3. The maximum absolute atomic E-state index is 13.1. The van der Waals surface area contributed by atoms with Gasteiger partial charge in [-0.1, -0.05) is 0 Å². The molecule has 2 heterocycles. The number of fused-ring (bicyclic) bond motifs is 1. The molecule has 0 saturated carbocycles. The number of aromatic nitrogens is 4. The van der Waals surface area contributed by atoms with Crippen molar-refractivity contribution in [1.29, 1.82) is 0 Å². The highest BCUT2D eigenvalue weighted by molar-refractivity contribution is 5.78. The fourth-order valence-electron chi connectivity index (χ4n) is 2.18. The number of hydrogen-bond acceptors (Lipinski definition) is 3. The molecule has 3 aromatic rings. The van der Waals surface area contributed by atoms with Gasteiger partial charge in [0.05, 0.1) is 11.0 Å². The molecule has 0 aliphatic carbocycles. The molecule has 98 valence electrons. The molecule has 19 heavy (non-hydrogen) atoms. The van der Waals surface area contributed by atoms with Crippen LogP contribution in [0.25, 0.3) is 11.0 Å². The van der Waals surface area contributed by atoms with Crippen LogP contribution in [0.15, 0.2) is 36.7 Å². The first-order valence-electron chi connectivity index (χ1n) is 6.13. The summed E-state index contributed by atoms with van der Waals surface area (Å²) in [6.07, 6.45) is 4.56. The minimum Gasteiger partial charge on any atom is -0.369 e. The van der Waals surface area contributed by atoms with Crippen LogP contribution in [-0.4, -0.2) is 19.3 Å². The molecule has 6 heteroatoms. The Bertz CT molecular complexity index is 686. The Kier molecular flexibility index (Phi) is 2.91. The number of nitrogen functional groups attached to an aromatic ring is 1. The summed E-state index contributed by atoms with van der Waals surface area (Å²) in [5.41, 5.74) is 7.32. The molecule has 5 nitrogen and oxygen atoms in total. The number of hydrogen-bond donors (Lipinski definition) is 1. The summed E-state index contributed by atoms with van der Waals surface area (Å²) >= 11 is 0. The zero-order chi connectivity index (χ0) is 13.2. The third kappa shape index (κ3) is 2.29. The average Bonchev–Trinajstić information content (AvgIpc) is 2.98. The molecule has 1 aromatic carbocycles. The molecule has 0 aliphatic heterocycles. The second kappa shape index (κ2) is 4.72. The van der Waals surface area contributed by atoms with E-state index in [1.807, 2.05) is 21.5 Å². The summed E-state index contributed by atoms with van der Waals surface area (Å²) < 4.78 is 16.9. The Balaban J connectivity index is 1.78. The number of aryl methyl sites for hydroxylation is 2. The van der Waals surface area contributed by atoms with E-state index in [2.05, 4.69) is 10.1 Å². The summed E-state index contributed by atoms with van der Waals surface area (Å²) in [6.45, 7) is 1.54. The van der Waals surface area contributed by atoms with E-state index in [-0.39, 0.29) is 5.82 Å². The van der Waals surface area contributed by atoms with Crippen LogP contribution >= 0.6 is 0 Å². The van der Waals surface area contributed by atoms with Gasteiger partial charge in [0.25, 0.3) is 0 Å². The van der Waals surface area contributed by atoms with Gasteiger partial charge in [-0.25, -0.2) is 9.37 Å². The molecule has 0 aliphatic rings. The molecule has 0 unspecified atom stereocenters. The Morgan fingerprint density at radius 1 is 1.26 bits per heavy atom. The van der Waals surface area contributed by atoms with Gasteiger partial charge in [-0.05, 0) is 24.6 Å². The highest BCUT2D eigenvalue weighted by atomic mass is 19.1. The molecular weight excluding hydrogens is 245 g/mol. The number of halogens is 1. The Labute approximate surface area is 109 Å². The lowest BCUT2D eigenvalue weighted by Crippen LogP contribution is -2.07. The van der Waals surface area contributed by atoms with Crippen molar-refractivity contribution in [2.24, 2.45) is 0 Å². The van der Waals surface area contributed by atoms with Crippen molar-refractivity contribution in [3.05, 3.63) is 42.5 Å². The van der Waals surface area contributed by atoms with Gasteiger partial charge in [-0.2, -0.15) is 5.10 Å². The molecule has 0 amide bonds. The van der Waals surface area contributed by atoms with Crippen LogP contribution in [0.3, 0.4) is 0 Å². The van der Waals surface area contributed by atoms with Gasteiger partial charge in [-0.3, -0.25) is 4.68 Å². The van der Waals surface area contributed by atoms with Crippen LogP contribution in [0.4, 0.5) is 10.3 Å². The molecular formula is C13H14FN5. The van der Waals surface area contributed by atoms with E-state index >= 15 is 0 Å². The van der Waals surface area contributed by atoms with Gasteiger partial charge in [0.2, 0.25) is 5.95 Å². The standard InChI is InChI=1S/C13H14FN5/c14-10-3-4-12-11(9-10)17-13(15)19(12)8-2-7-18-6-1-5-16-18/h1,3-6,9H,2,7-8H2,(H2,15,17). The third-order valence-corrected chi connectivity index (χ3v) is 3.07. The van der Waals surface area contributed by atoms with Crippen molar-refractivity contribution in [2.75, 3.05) is 5.73 Å². The molecule has 0 radical (unpaired) electrons. The topological polar surface area (TPSA) is 61.7 Å². The van der Waals surface area contributed by atoms with Crippen molar-refractivity contribution >= 4 is 17.0 Å². The summed E-state index contributed by atoms with van der Waals surface area (Å²) in [4.78, 5) is 4.17. The predicted octanol–water partition coefficient (Wildman–Crippen LogP) is 2.04. The third-order valence-electron chi connectivity index (χ3n) is 3.07. The molecule has 2 aromatic heterocycles. The number of nitrogens with two attached hydrogens (primary N) is 1. The summed E-state index contributed by atoms with van der Waals surface area (Å²) in [5.74, 6) is 0.120. The zero-order valence-corrected chi connectivity index (χ0v) is 10.3. The molecule has 0 fully saturated rings. The fourth-order valence-corrected chi connectivity index (χ4v) is 2.18. The van der Waals surface area contributed by atoms with E-state index in [9.17, 15) is 4.39 Å². The molecule has 0 saturated heterocycles. The number of imidazole rings is 1. The van der Waals surface area contributed by atoms with Crippen molar-refractivity contribution in [3.8, 4) is 0 Å². The average molecular weight is 259 g/mol. The lowest BCUT2D eigenvalue weighted by molar-refractivity contribution is 0.535. The fraction of sp³-hybridized carbons (Fsp3) is 0.231. The van der Waals surface area contributed by atoms with Crippen molar-refractivity contribution in [3.63, 3.8) is 0 Å². The maximum Gasteiger partial charge on any atom is 0.201 e. The van der Waals surface area contributed by atoms with Gasteiger partial charge in [0, 0.05) is 31.5 Å². The highest BCUT2D eigenvalue weighted by Gasteiger charge is 2.08. The predicted molar refractivity (Wildman–Crippen MR) is 70.9 cm³/mol. The van der Waals surface area contributed by atoms with Crippen molar-refractivity contribution in [2.45, 2.75) is 19.5 Å². The minimum absolute atomic E-state index is 0.298. The summed E-state index contributed by atoms with van der Waals surface area (Å²) in [5, 5.41) is 4.14. The van der Waals surface area contributed by atoms with Crippen LogP contribution < -0.4 is 5.73 Å². The van der Waals surface area contributed by atoms with Crippen molar-refractivity contribution < 1.29 is 4.39 Å². The molecule has 0 atom stereocenters. The van der Waals surface area contributed by atoms with E-state index in [1.54, 1.807) is 12.3 Å².